The minimum absolute atomic E-state index is 0.315. The lowest BCUT2D eigenvalue weighted by Gasteiger charge is -2.38. The molecular formula is C49H84N4O2. The normalized spacial score (nSPS) is 13.1. The third-order valence-electron chi connectivity index (χ3n) is 11.9. The fourth-order valence-electron chi connectivity index (χ4n) is 8.33. The number of hydrogen-bond donors (Lipinski definition) is 4. The van der Waals surface area contributed by atoms with Gasteiger partial charge in [-0.1, -0.05) is 231 Å². The van der Waals surface area contributed by atoms with Crippen molar-refractivity contribution in [3.05, 3.63) is 36.4 Å². The van der Waals surface area contributed by atoms with Crippen molar-refractivity contribution in [1.82, 2.24) is 10.6 Å². The lowest BCUT2D eigenvalue weighted by Crippen LogP contribution is -2.67. The van der Waals surface area contributed by atoms with Crippen LogP contribution in [0.4, 0.5) is 11.4 Å². The molecule has 1 aliphatic heterocycles. The van der Waals surface area contributed by atoms with E-state index in [9.17, 15) is 9.59 Å². The first-order valence-corrected chi connectivity index (χ1v) is 23.8. The molecule has 6 nitrogen and oxygen atoms in total. The van der Waals surface area contributed by atoms with E-state index in [2.05, 4.69) is 47.2 Å². The van der Waals surface area contributed by atoms with E-state index in [1.54, 1.807) is 0 Å². The van der Waals surface area contributed by atoms with Gasteiger partial charge in [-0.3, -0.25) is 9.59 Å². The molecule has 0 saturated carbocycles. The van der Waals surface area contributed by atoms with Gasteiger partial charge in [0.1, 0.15) is 0 Å². The van der Waals surface area contributed by atoms with Crippen LogP contribution in [0.2, 0.25) is 0 Å². The maximum Gasteiger partial charge on any atom is 0.276 e. The summed E-state index contributed by atoms with van der Waals surface area (Å²) in [5.41, 5.74) is 0.0242. The Balaban J connectivity index is 1.30. The van der Waals surface area contributed by atoms with Crippen molar-refractivity contribution >= 4 is 34.0 Å². The quantitative estimate of drug-likeness (QED) is 0.0412. The van der Waals surface area contributed by atoms with Crippen LogP contribution in [0.3, 0.4) is 0 Å². The zero-order valence-electron chi connectivity index (χ0n) is 35.8. The van der Waals surface area contributed by atoms with Crippen molar-refractivity contribution in [1.29, 1.82) is 0 Å². The molecule has 0 aromatic heterocycles. The van der Waals surface area contributed by atoms with Crippen molar-refractivity contribution in [2.24, 2.45) is 0 Å². The number of rotatable bonds is 36. The monoisotopic (exact) mass is 761 g/mol. The molecule has 312 valence electrons. The Morgan fingerprint density at radius 3 is 0.982 bits per heavy atom. The van der Waals surface area contributed by atoms with E-state index in [0.29, 0.717) is 13.1 Å². The SMILES string of the molecule is CCCCCCCCCCCCCCCCCCNC(=O)C1(C(=O)NCCCCCCCCCCCCCCCCCC)Nc2cccc3cccc(c23)N1. The molecule has 0 fully saturated rings. The highest BCUT2D eigenvalue weighted by Gasteiger charge is 2.48. The zero-order chi connectivity index (χ0) is 39.1. The van der Waals surface area contributed by atoms with Crippen molar-refractivity contribution in [2.45, 2.75) is 225 Å². The lowest BCUT2D eigenvalue weighted by molar-refractivity contribution is -0.134. The Morgan fingerprint density at radius 2 is 0.691 bits per heavy atom. The third-order valence-corrected chi connectivity index (χ3v) is 11.9. The molecule has 0 aliphatic carbocycles. The molecule has 0 unspecified atom stereocenters. The Bertz CT molecular complexity index is 1190. The number of unbranched alkanes of at least 4 members (excludes halogenated alkanes) is 30. The summed E-state index contributed by atoms with van der Waals surface area (Å²) in [5, 5.41) is 15.0. The highest BCUT2D eigenvalue weighted by molar-refractivity contribution is 6.19. The molecular weight excluding hydrogens is 677 g/mol. The molecule has 2 aromatic rings. The number of carbonyl (C=O) groups is 2. The van der Waals surface area contributed by atoms with Crippen LogP contribution in [-0.4, -0.2) is 30.6 Å². The molecule has 2 amide bonds. The third kappa shape index (κ3) is 18.8. The maximum atomic E-state index is 13.9. The topological polar surface area (TPSA) is 82.3 Å². The average Bonchev–Trinajstić information content (AvgIpc) is 3.20. The summed E-state index contributed by atoms with van der Waals surface area (Å²) in [6, 6.07) is 12.0. The molecule has 0 atom stereocenters. The number of anilines is 2. The van der Waals surface area contributed by atoms with Gasteiger partial charge >= 0.3 is 0 Å². The highest BCUT2D eigenvalue weighted by Crippen LogP contribution is 2.38. The minimum Gasteiger partial charge on any atom is -0.352 e. The van der Waals surface area contributed by atoms with Crippen molar-refractivity contribution < 1.29 is 9.59 Å². The van der Waals surface area contributed by atoms with E-state index in [0.717, 1.165) is 47.8 Å². The predicted molar refractivity (Wildman–Crippen MR) is 239 cm³/mol. The summed E-state index contributed by atoms with van der Waals surface area (Å²) < 4.78 is 0. The summed E-state index contributed by atoms with van der Waals surface area (Å²) in [5.74, 6) is -0.631. The van der Waals surface area contributed by atoms with Gasteiger partial charge in [0.15, 0.2) is 0 Å². The number of nitrogens with one attached hydrogen (secondary N) is 4. The number of amides is 2. The zero-order valence-corrected chi connectivity index (χ0v) is 35.8. The van der Waals surface area contributed by atoms with Crippen LogP contribution in [0.1, 0.15) is 219 Å². The van der Waals surface area contributed by atoms with E-state index >= 15 is 0 Å². The van der Waals surface area contributed by atoms with Gasteiger partial charge in [0.25, 0.3) is 17.5 Å². The Hall–Kier alpha value is -2.76. The van der Waals surface area contributed by atoms with Crippen LogP contribution in [0.25, 0.3) is 10.8 Å². The minimum atomic E-state index is -1.59. The van der Waals surface area contributed by atoms with Crippen LogP contribution in [0.5, 0.6) is 0 Å². The van der Waals surface area contributed by atoms with Gasteiger partial charge in [-0.25, -0.2) is 0 Å². The molecule has 3 rings (SSSR count). The fraction of sp³-hybridized carbons (Fsp3) is 0.755. The van der Waals surface area contributed by atoms with Gasteiger partial charge in [0.2, 0.25) is 0 Å². The van der Waals surface area contributed by atoms with Crippen molar-refractivity contribution in [2.75, 3.05) is 23.7 Å². The van der Waals surface area contributed by atoms with Crippen LogP contribution in [0.15, 0.2) is 36.4 Å². The average molecular weight is 761 g/mol. The molecule has 6 heteroatoms. The van der Waals surface area contributed by atoms with Crippen LogP contribution >= 0.6 is 0 Å². The molecule has 2 aromatic carbocycles. The first-order chi connectivity index (χ1) is 27.1. The Morgan fingerprint density at radius 1 is 0.418 bits per heavy atom. The van der Waals surface area contributed by atoms with Crippen LogP contribution in [-0.2, 0) is 9.59 Å². The van der Waals surface area contributed by atoms with E-state index in [1.807, 2.05) is 24.3 Å². The van der Waals surface area contributed by atoms with E-state index in [-0.39, 0.29) is 11.8 Å². The molecule has 0 bridgehead atoms. The predicted octanol–water partition coefficient (Wildman–Crippen LogP) is 14.1. The molecule has 0 saturated heterocycles. The lowest BCUT2D eigenvalue weighted by atomic mass is 9.97. The van der Waals surface area contributed by atoms with Gasteiger partial charge in [-0.05, 0) is 30.4 Å². The summed E-state index contributed by atoms with van der Waals surface area (Å²) >= 11 is 0. The summed E-state index contributed by atoms with van der Waals surface area (Å²) in [6.45, 7) is 5.71. The van der Waals surface area contributed by atoms with Gasteiger partial charge in [0.05, 0.1) is 0 Å². The summed E-state index contributed by atoms with van der Waals surface area (Å²) in [4.78, 5) is 27.9. The van der Waals surface area contributed by atoms with E-state index < -0.39 is 5.66 Å². The van der Waals surface area contributed by atoms with Crippen molar-refractivity contribution in [3.8, 4) is 0 Å². The first kappa shape index (κ1) is 46.6. The largest absolute Gasteiger partial charge is 0.352 e. The summed E-state index contributed by atoms with van der Waals surface area (Å²) in [6.07, 6.45) is 42.2. The standard InChI is InChI=1S/C49H84N4O2/c1-3-5-7-9-11-13-15-17-19-21-23-25-27-29-31-33-41-50-47(54)49(52-44-39-35-37-43-38-36-40-45(53-49)46(43)44)48(55)51-42-34-32-30-28-26-24-22-20-18-16-14-12-10-8-6-4-2/h35-40,52-53H,3-34,41-42H2,1-2H3,(H,50,54)(H,51,55). The second-order valence-corrected chi connectivity index (χ2v) is 16.8. The second-order valence-electron chi connectivity index (χ2n) is 16.8. The van der Waals surface area contributed by atoms with Gasteiger partial charge < -0.3 is 21.3 Å². The van der Waals surface area contributed by atoms with Crippen LogP contribution in [0, 0.1) is 0 Å². The molecule has 4 N–H and O–H groups in total. The number of benzene rings is 2. The Kier molecular flexibility index (Phi) is 25.8. The first-order valence-electron chi connectivity index (χ1n) is 23.8. The molecule has 0 radical (unpaired) electrons. The van der Waals surface area contributed by atoms with Gasteiger partial charge in [0, 0.05) is 29.9 Å². The van der Waals surface area contributed by atoms with Gasteiger partial charge in [-0.2, -0.15) is 0 Å². The highest BCUT2D eigenvalue weighted by atomic mass is 16.2. The second kappa shape index (κ2) is 30.4. The number of carbonyl (C=O) groups excluding carboxylic acids is 2. The maximum absolute atomic E-state index is 13.9. The Labute approximate surface area is 338 Å². The number of hydrogen-bond acceptors (Lipinski definition) is 4. The van der Waals surface area contributed by atoms with Crippen LogP contribution < -0.4 is 21.3 Å². The van der Waals surface area contributed by atoms with Gasteiger partial charge in [-0.15, -0.1) is 0 Å². The summed E-state index contributed by atoms with van der Waals surface area (Å²) in [7, 11) is 0. The van der Waals surface area contributed by atoms with E-state index in [1.165, 1.54) is 180 Å². The fourth-order valence-corrected chi connectivity index (χ4v) is 8.33. The molecule has 1 aliphatic rings. The van der Waals surface area contributed by atoms with E-state index in [4.69, 9.17) is 0 Å². The molecule has 0 spiro atoms. The molecule has 1 heterocycles. The van der Waals surface area contributed by atoms with Crippen molar-refractivity contribution in [3.63, 3.8) is 0 Å². The molecule has 55 heavy (non-hydrogen) atoms. The smallest absolute Gasteiger partial charge is 0.276 e.